The van der Waals surface area contributed by atoms with E-state index in [1.54, 1.807) is 11.8 Å². The smallest absolute Gasteiger partial charge is 0.243 e. The number of amides is 2. The fourth-order valence-electron chi connectivity index (χ4n) is 1.58. The van der Waals surface area contributed by atoms with Gasteiger partial charge in [0.1, 0.15) is 6.61 Å². The van der Waals surface area contributed by atoms with E-state index in [1.165, 1.54) is 0 Å². The fraction of sp³-hybridized carbons (Fsp3) is 0.778. The topological polar surface area (TPSA) is 72.6 Å². The predicted octanol–water partition coefficient (Wildman–Crippen LogP) is -0.643. The van der Waals surface area contributed by atoms with Crippen LogP contribution in [0.3, 0.4) is 0 Å². The highest BCUT2D eigenvalue weighted by molar-refractivity contribution is 5.75. The van der Waals surface area contributed by atoms with Gasteiger partial charge in [-0.3, -0.25) is 9.59 Å². The molecule has 1 unspecified atom stereocenters. The van der Waals surface area contributed by atoms with Crippen molar-refractivity contribution < 1.29 is 14.3 Å². The molecule has 0 aromatic rings. The van der Waals surface area contributed by atoms with E-state index in [9.17, 15) is 9.59 Å². The van der Waals surface area contributed by atoms with Gasteiger partial charge in [-0.1, -0.05) is 0 Å². The molecular formula is C9H16N2O3. The highest BCUT2D eigenvalue weighted by Crippen LogP contribution is 2.16. The maximum Gasteiger partial charge on any atom is 0.243 e. The quantitative estimate of drug-likeness (QED) is 0.656. The van der Waals surface area contributed by atoms with Crippen LogP contribution in [-0.2, 0) is 14.3 Å². The minimum atomic E-state index is -0.452. The monoisotopic (exact) mass is 200 g/mol. The third kappa shape index (κ3) is 3.33. The summed E-state index contributed by atoms with van der Waals surface area (Å²) < 4.78 is 5.09. The van der Waals surface area contributed by atoms with E-state index in [4.69, 9.17) is 10.5 Å². The highest BCUT2D eigenvalue weighted by Gasteiger charge is 2.24. The van der Waals surface area contributed by atoms with Gasteiger partial charge in [-0.15, -0.1) is 0 Å². The summed E-state index contributed by atoms with van der Waals surface area (Å²) in [5.41, 5.74) is 4.92. The summed E-state index contributed by atoms with van der Waals surface area (Å²) in [6, 6.07) is 0. The van der Waals surface area contributed by atoms with Gasteiger partial charge in [0, 0.05) is 25.9 Å². The van der Waals surface area contributed by atoms with Crippen LogP contribution in [0.1, 0.15) is 13.3 Å². The van der Waals surface area contributed by atoms with Crippen molar-refractivity contribution >= 4 is 11.8 Å². The summed E-state index contributed by atoms with van der Waals surface area (Å²) in [4.78, 5) is 23.2. The largest absolute Gasteiger partial charge is 0.371 e. The molecule has 2 amide bonds. The average molecular weight is 200 g/mol. The van der Waals surface area contributed by atoms with Gasteiger partial charge in [-0.05, 0) is 6.42 Å². The van der Waals surface area contributed by atoms with Crippen molar-refractivity contribution in [1.29, 1.82) is 0 Å². The third-order valence-electron chi connectivity index (χ3n) is 2.33. The Bertz CT molecular complexity index is 230. The summed E-state index contributed by atoms with van der Waals surface area (Å²) in [7, 11) is 0. The van der Waals surface area contributed by atoms with E-state index >= 15 is 0 Å². The number of carbonyl (C=O) groups excluding carboxylic acids is 2. The molecule has 1 atom stereocenters. The lowest BCUT2D eigenvalue weighted by Crippen LogP contribution is -2.27. The van der Waals surface area contributed by atoms with Gasteiger partial charge in [0.25, 0.3) is 0 Å². The molecule has 1 aliphatic rings. The number of carbonyl (C=O) groups is 2. The number of nitrogens with zero attached hydrogens (tertiary/aromatic N) is 1. The first-order valence-electron chi connectivity index (χ1n) is 4.71. The van der Waals surface area contributed by atoms with Crippen LogP contribution in [0.2, 0.25) is 0 Å². The Morgan fingerprint density at radius 3 is 2.79 bits per heavy atom. The molecule has 1 fully saturated rings. The van der Waals surface area contributed by atoms with Gasteiger partial charge in [-0.25, -0.2) is 0 Å². The SMILES string of the molecule is CC(=O)N1CCC(COCC(N)=O)C1. The van der Waals surface area contributed by atoms with Crippen LogP contribution in [0.4, 0.5) is 0 Å². The molecule has 2 N–H and O–H groups in total. The molecule has 80 valence electrons. The second kappa shape index (κ2) is 4.95. The van der Waals surface area contributed by atoms with E-state index in [1.807, 2.05) is 0 Å². The average Bonchev–Trinajstić information content (AvgIpc) is 2.52. The number of nitrogens with two attached hydrogens (primary N) is 1. The van der Waals surface area contributed by atoms with Crippen LogP contribution < -0.4 is 5.73 Å². The first kappa shape index (κ1) is 11.0. The summed E-state index contributed by atoms with van der Waals surface area (Å²) in [5, 5.41) is 0. The zero-order valence-electron chi connectivity index (χ0n) is 8.36. The van der Waals surface area contributed by atoms with E-state index in [-0.39, 0.29) is 12.5 Å². The van der Waals surface area contributed by atoms with Gasteiger partial charge in [0.15, 0.2) is 0 Å². The molecule has 5 nitrogen and oxygen atoms in total. The number of hydrogen-bond donors (Lipinski definition) is 1. The normalized spacial score (nSPS) is 21.2. The molecule has 0 saturated carbocycles. The maximum absolute atomic E-state index is 11.0. The number of rotatable bonds is 4. The molecule has 1 heterocycles. The summed E-state index contributed by atoms with van der Waals surface area (Å²) in [5.74, 6) is -0.00734. The summed E-state index contributed by atoms with van der Waals surface area (Å²) in [6.45, 7) is 3.56. The van der Waals surface area contributed by atoms with Crippen molar-refractivity contribution in [3.8, 4) is 0 Å². The van der Waals surface area contributed by atoms with E-state index < -0.39 is 5.91 Å². The van der Waals surface area contributed by atoms with E-state index in [0.717, 1.165) is 19.5 Å². The van der Waals surface area contributed by atoms with Crippen LogP contribution in [0.25, 0.3) is 0 Å². The van der Waals surface area contributed by atoms with Gasteiger partial charge in [-0.2, -0.15) is 0 Å². The van der Waals surface area contributed by atoms with Crippen LogP contribution in [-0.4, -0.2) is 43.0 Å². The van der Waals surface area contributed by atoms with Crippen LogP contribution >= 0.6 is 0 Å². The van der Waals surface area contributed by atoms with Crippen molar-refractivity contribution in [2.45, 2.75) is 13.3 Å². The Balaban J connectivity index is 2.16. The Morgan fingerprint density at radius 2 is 2.29 bits per heavy atom. The summed E-state index contributed by atoms with van der Waals surface area (Å²) >= 11 is 0. The molecule has 0 radical (unpaired) electrons. The molecule has 1 rings (SSSR count). The Morgan fingerprint density at radius 1 is 1.57 bits per heavy atom. The maximum atomic E-state index is 11.0. The number of primary amides is 1. The molecular weight excluding hydrogens is 184 g/mol. The van der Waals surface area contributed by atoms with Gasteiger partial charge < -0.3 is 15.4 Å². The Kier molecular flexibility index (Phi) is 3.88. The van der Waals surface area contributed by atoms with Crippen LogP contribution in [0.5, 0.6) is 0 Å². The van der Waals surface area contributed by atoms with Gasteiger partial charge in [0.05, 0.1) is 6.61 Å². The zero-order valence-corrected chi connectivity index (χ0v) is 8.36. The molecule has 1 saturated heterocycles. The van der Waals surface area contributed by atoms with Crippen molar-refractivity contribution in [2.24, 2.45) is 11.7 Å². The zero-order chi connectivity index (χ0) is 10.6. The van der Waals surface area contributed by atoms with Gasteiger partial charge >= 0.3 is 0 Å². The number of likely N-dealkylation sites (tertiary alicyclic amines) is 1. The molecule has 0 bridgehead atoms. The van der Waals surface area contributed by atoms with Crippen LogP contribution in [0.15, 0.2) is 0 Å². The molecule has 14 heavy (non-hydrogen) atoms. The second-order valence-electron chi connectivity index (χ2n) is 3.60. The third-order valence-corrected chi connectivity index (χ3v) is 2.33. The predicted molar refractivity (Wildman–Crippen MR) is 50.4 cm³/mol. The van der Waals surface area contributed by atoms with Crippen LogP contribution in [0, 0.1) is 5.92 Å². The van der Waals surface area contributed by atoms with E-state index in [2.05, 4.69) is 0 Å². The van der Waals surface area contributed by atoms with E-state index in [0.29, 0.717) is 12.5 Å². The first-order valence-corrected chi connectivity index (χ1v) is 4.71. The lowest BCUT2D eigenvalue weighted by Gasteiger charge is -2.13. The lowest BCUT2D eigenvalue weighted by atomic mass is 10.1. The Labute approximate surface area is 83.2 Å². The summed E-state index contributed by atoms with van der Waals surface area (Å²) in [6.07, 6.45) is 0.943. The van der Waals surface area contributed by atoms with Crippen molar-refractivity contribution in [2.75, 3.05) is 26.3 Å². The number of hydrogen-bond acceptors (Lipinski definition) is 3. The molecule has 1 aliphatic heterocycles. The second-order valence-corrected chi connectivity index (χ2v) is 3.60. The van der Waals surface area contributed by atoms with Crippen molar-refractivity contribution in [1.82, 2.24) is 4.90 Å². The Hall–Kier alpha value is -1.10. The van der Waals surface area contributed by atoms with Gasteiger partial charge in [0.2, 0.25) is 11.8 Å². The van der Waals surface area contributed by atoms with Crippen molar-refractivity contribution in [3.63, 3.8) is 0 Å². The minimum absolute atomic E-state index is 0.0312. The minimum Gasteiger partial charge on any atom is -0.371 e. The van der Waals surface area contributed by atoms with Crippen molar-refractivity contribution in [3.05, 3.63) is 0 Å². The molecule has 0 aliphatic carbocycles. The molecule has 0 aromatic heterocycles. The molecule has 0 aromatic carbocycles. The fourth-order valence-corrected chi connectivity index (χ4v) is 1.58. The number of ether oxygens (including phenoxy) is 1. The lowest BCUT2D eigenvalue weighted by molar-refractivity contribution is -0.128. The standard InChI is InChI=1S/C9H16N2O3/c1-7(12)11-3-2-8(4-11)5-14-6-9(10)13/h8H,2-6H2,1H3,(H2,10,13). The molecule has 0 spiro atoms. The first-order chi connectivity index (χ1) is 6.59. The molecule has 5 heteroatoms. The highest BCUT2D eigenvalue weighted by atomic mass is 16.5.